The van der Waals surface area contributed by atoms with Crippen LogP contribution in [0.15, 0.2) is 18.2 Å². The molecule has 0 aliphatic heterocycles. The lowest BCUT2D eigenvalue weighted by Gasteiger charge is -2.22. The van der Waals surface area contributed by atoms with Crippen LogP contribution in [-0.4, -0.2) is 49.9 Å². The topological polar surface area (TPSA) is 68.2 Å². The number of aliphatic hydroxyl groups is 2. The van der Waals surface area contributed by atoms with E-state index in [1.54, 1.807) is 7.11 Å². The highest BCUT2D eigenvalue weighted by Crippen LogP contribution is 2.32. The highest BCUT2D eigenvalue weighted by molar-refractivity contribution is 5.38. The molecule has 5 nitrogen and oxygen atoms in total. The van der Waals surface area contributed by atoms with Crippen LogP contribution in [0.2, 0.25) is 0 Å². The van der Waals surface area contributed by atoms with E-state index in [0.717, 1.165) is 24.8 Å². The maximum absolute atomic E-state index is 9.99. The molecule has 2 rings (SSSR count). The van der Waals surface area contributed by atoms with Crippen LogP contribution in [0, 0.1) is 0 Å². The lowest BCUT2D eigenvalue weighted by Crippen LogP contribution is -2.24. The van der Waals surface area contributed by atoms with E-state index >= 15 is 0 Å². The molecule has 2 atom stereocenters. The number of hydrogen-bond acceptors (Lipinski definition) is 5. The lowest BCUT2D eigenvalue weighted by atomic mass is 9.89. The molecule has 1 aliphatic rings. The standard InChI is InChI=1S/C16H24O5/c1-19-7-8-20-10-13(17)11-21-14-6-5-12-3-2-4-16(18)15(12)9-14/h5-6,9,13,16-18H,2-4,7-8,10-11H2,1H3. The normalized spacial score (nSPS) is 19.1. The molecular formula is C16H24O5. The number of benzene rings is 1. The second kappa shape index (κ2) is 8.34. The zero-order chi connectivity index (χ0) is 15.1. The first-order valence-electron chi connectivity index (χ1n) is 7.39. The number of hydrogen-bond donors (Lipinski definition) is 2. The molecule has 1 aromatic rings. The SMILES string of the molecule is COCCOCC(O)COc1ccc2c(c1)C(O)CCC2. The minimum Gasteiger partial charge on any atom is -0.491 e. The largest absolute Gasteiger partial charge is 0.491 e. The molecule has 0 bridgehead atoms. The van der Waals surface area contributed by atoms with Crippen molar-refractivity contribution >= 4 is 0 Å². The van der Waals surface area contributed by atoms with Gasteiger partial charge in [0.15, 0.2) is 0 Å². The molecule has 0 amide bonds. The van der Waals surface area contributed by atoms with Crippen molar-refractivity contribution in [3.63, 3.8) is 0 Å². The van der Waals surface area contributed by atoms with E-state index in [-0.39, 0.29) is 13.2 Å². The third kappa shape index (κ3) is 4.97. The quantitative estimate of drug-likeness (QED) is 0.711. The molecule has 0 radical (unpaired) electrons. The van der Waals surface area contributed by atoms with E-state index in [0.29, 0.717) is 19.0 Å². The minimum atomic E-state index is -0.678. The van der Waals surface area contributed by atoms with E-state index in [4.69, 9.17) is 14.2 Å². The minimum absolute atomic E-state index is 0.169. The van der Waals surface area contributed by atoms with Gasteiger partial charge in [0.1, 0.15) is 18.5 Å². The molecule has 21 heavy (non-hydrogen) atoms. The molecule has 5 heteroatoms. The maximum atomic E-state index is 9.99. The van der Waals surface area contributed by atoms with Crippen LogP contribution in [0.3, 0.4) is 0 Å². The van der Waals surface area contributed by atoms with Crippen LogP contribution in [-0.2, 0) is 15.9 Å². The fourth-order valence-electron chi connectivity index (χ4n) is 2.44. The Hall–Kier alpha value is -1.14. The Kier molecular flexibility index (Phi) is 6.45. The molecule has 0 spiro atoms. The van der Waals surface area contributed by atoms with E-state index < -0.39 is 12.2 Å². The summed E-state index contributed by atoms with van der Waals surface area (Å²) in [4.78, 5) is 0. The van der Waals surface area contributed by atoms with Crippen LogP contribution < -0.4 is 4.74 Å². The first kappa shape index (κ1) is 16.2. The summed E-state index contributed by atoms with van der Waals surface area (Å²) < 4.78 is 15.7. The Bertz CT molecular complexity index is 435. The van der Waals surface area contributed by atoms with Crippen LogP contribution in [0.1, 0.15) is 30.1 Å². The molecule has 118 valence electrons. The number of ether oxygens (including phenoxy) is 3. The van der Waals surface area contributed by atoms with Gasteiger partial charge >= 0.3 is 0 Å². The monoisotopic (exact) mass is 296 g/mol. The van der Waals surface area contributed by atoms with Crippen molar-refractivity contribution in [2.45, 2.75) is 31.5 Å². The van der Waals surface area contributed by atoms with E-state index in [9.17, 15) is 10.2 Å². The van der Waals surface area contributed by atoms with Gasteiger partial charge in [0, 0.05) is 7.11 Å². The number of fused-ring (bicyclic) bond motifs is 1. The van der Waals surface area contributed by atoms with Gasteiger partial charge in [0.2, 0.25) is 0 Å². The fraction of sp³-hybridized carbons (Fsp3) is 0.625. The van der Waals surface area contributed by atoms with Gasteiger partial charge in [0.05, 0.1) is 25.9 Å². The summed E-state index contributed by atoms with van der Waals surface area (Å²) in [5, 5.41) is 19.8. The summed E-state index contributed by atoms with van der Waals surface area (Å²) in [6.07, 6.45) is 1.74. The molecule has 0 saturated carbocycles. The average molecular weight is 296 g/mol. The van der Waals surface area contributed by atoms with E-state index in [1.807, 2.05) is 18.2 Å². The molecule has 2 unspecified atom stereocenters. The molecule has 0 heterocycles. The van der Waals surface area contributed by atoms with E-state index in [2.05, 4.69) is 0 Å². The second-order valence-corrected chi connectivity index (χ2v) is 5.30. The van der Waals surface area contributed by atoms with Crippen molar-refractivity contribution in [3.8, 4) is 5.75 Å². The first-order chi connectivity index (χ1) is 10.2. The molecule has 0 fully saturated rings. The van der Waals surface area contributed by atoms with Crippen molar-refractivity contribution in [2.75, 3.05) is 33.5 Å². The summed E-state index contributed by atoms with van der Waals surface area (Å²) >= 11 is 0. The molecule has 0 saturated heterocycles. The van der Waals surface area contributed by atoms with Gasteiger partial charge in [-0.2, -0.15) is 0 Å². The number of aryl methyl sites for hydroxylation is 1. The average Bonchev–Trinajstić information content (AvgIpc) is 2.50. The Morgan fingerprint density at radius 2 is 2.14 bits per heavy atom. The molecule has 1 aromatic carbocycles. The summed E-state index contributed by atoms with van der Waals surface area (Å²) in [5.74, 6) is 0.672. The van der Waals surface area contributed by atoms with Gasteiger partial charge in [-0.25, -0.2) is 0 Å². The molecule has 2 N–H and O–H groups in total. The predicted molar refractivity (Wildman–Crippen MR) is 78.5 cm³/mol. The van der Waals surface area contributed by atoms with Gasteiger partial charge in [-0.15, -0.1) is 0 Å². The lowest BCUT2D eigenvalue weighted by molar-refractivity contribution is -0.00423. The van der Waals surface area contributed by atoms with Crippen molar-refractivity contribution < 1.29 is 24.4 Å². The Balaban J connectivity index is 1.79. The first-order valence-corrected chi connectivity index (χ1v) is 7.39. The third-order valence-electron chi connectivity index (χ3n) is 3.58. The predicted octanol–water partition coefficient (Wildman–Crippen LogP) is 1.46. The van der Waals surface area contributed by atoms with Crippen LogP contribution in [0.25, 0.3) is 0 Å². The van der Waals surface area contributed by atoms with Gasteiger partial charge < -0.3 is 24.4 Å². The van der Waals surface area contributed by atoms with Crippen molar-refractivity contribution in [1.29, 1.82) is 0 Å². The Morgan fingerprint density at radius 1 is 1.29 bits per heavy atom. The molecule has 1 aliphatic carbocycles. The van der Waals surface area contributed by atoms with Crippen LogP contribution in [0.4, 0.5) is 0 Å². The summed E-state index contributed by atoms with van der Waals surface area (Å²) in [7, 11) is 1.60. The van der Waals surface area contributed by atoms with Gasteiger partial charge in [-0.05, 0) is 42.5 Å². The van der Waals surface area contributed by atoms with Crippen molar-refractivity contribution in [1.82, 2.24) is 0 Å². The molecular weight excluding hydrogens is 272 g/mol. The highest BCUT2D eigenvalue weighted by atomic mass is 16.5. The fourth-order valence-corrected chi connectivity index (χ4v) is 2.44. The Morgan fingerprint density at radius 3 is 2.95 bits per heavy atom. The zero-order valence-electron chi connectivity index (χ0n) is 12.5. The van der Waals surface area contributed by atoms with Crippen LogP contribution >= 0.6 is 0 Å². The van der Waals surface area contributed by atoms with Crippen LogP contribution in [0.5, 0.6) is 5.75 Å². The third-order valence-corrected chi connectivity index (χ3v) is 3.58. The summed E-state index contributed by atoms with van der Waals surface area (Å²) in [6.45, 7) is 1.35. The van der Waals surface area contributed by atoms with E-state index in [1.165, 1.54) is 5.56 Å². The number of methoxy groups -OCH3 is 1. The number of rotatable bonds is 8. The second-order valence-electron chi connectivity index (χ2n) is 5.30. The summed E-state index contributed by atoms with van der Waals surface area (Å²) in [6, 6.07) is 5.75. The van der Waals surface area contributed by atoms with Gasteiger partial charge in [0.25, 0.3) is 0 Å². The van der Waals surface area contributed by atoms with Gasteiger partial charge in [-0.3, -0.25) is 0 Å². The number of aliphatic hydroxyl groups excluding tert-OH is 2. The van der Waals surface area contributed by atoms with Crippen molar-refractivity contribution in [2.24, 2.45) is 0 Å². The Labute approximate surface area is 125 Å². The van der Waals surface area contributed by atoms with Crippen molar-refractivity contribution in [3.05, 3.63) is 29.3 Å². The van der Waals surface area contributed by atoms with Gasteiger partial charge in [-0.1, -0.05) is 6.07 Å². The maximum Gasteiger partial charge on any atom is 0.119 e. The smallest absolute Gasteiger partial charge is 0.119 e. The summed E-state index contributed by atoms with van der Waals surface area (Å²) in [5.41, 5.74) is 2.13. The highest BCUT2D eigenvalue weighted by Gasteiger charge is 2.18. The molecule has 0 aromatic heterocycles. The zero-order valence-corrected chi connectivity index (χ0v) is 12.5.